The lowest BCUT2D eigenvalue weighted by Gasteiger charge is -2.20. The first-order valence-corrected chi connectivity index (χ1v) is 10.9. The summed E-state index contributed by atoms with van der Waals surface area (Å²) < 4.78 is 3.58. The predicted octanol–water partition coefficient (Wildman–Crippen LogP) is 3.78. The van der Waals surface area contributed by atoms with E-state index in [9.17, 15) is 9.59 Å². The van der Waals surface area contributed by atoms with Crippen LogP contribution in [0.3, 0.4) is 0 Å². The quantitative estimate of drug-likeness (QED) is 0.713. The summed E-state index contributed by atoms with van der Waals surface area (Å²) in [4.78, 5) is 25.9. The minimum absolute atomic E-state index is 0.0103. The zero-order valence-corrected chi connectivity index (χ0v) is 18.3. The van der Waals surface area contributed by atoms with Crippen LogP contribution in [0.5, 0.6) is 0 Å². The van der Waals surface area contributed by atoms with E-state index in [1.165, 1.54) is 11.8 Å². The first-order chi connectivity index (χ1) is 13.8. The molecule has 1 atom stereocenters. The van der Waals surface area contributed by atoms with Gasteiger partial charge in [-0.1, -0.05) is 25.5 Å². The van der Waals surface area contributed by atoms with Crippen LogP contribution in [0.25, 0.3) is 10.9 Å². The van der Waals surface area contributed by atoms with E-state index in [1.807, 2.05) is 36.7 Å². The van der Waals surface area contributed by atoms with Crippen LogP contribution in [0.4, 0.5) is 5.82 Å². The van der Waals surface area contributed by atoms with E-state index < -0.39 is 0 Å². The van der Waals surface area contributed by atoms with Gasteiger partial charge < -0.3 is 9.88 Å². The van der Waals surface area contributed by atoms with Crippen molar-refractivity contribution in [3.63, 3.8) is 0 Å². The number of nitrogens with one attached hydrogen (secondary N) is 1. The van der Waals surface area contributed by atoms with E-state index in [-0.39, 0.29) is 16.7 Å². The van der Waals surface area contributed by atoms with Gasteiger partial charge in [0.25, 0.3) is 5.56 Å². The summed E-state index contributed by atoms with van der Waals surface area (Å²) in [6, 6.07) is 8.21. The van der Waals surface area contributed by atoms with Gasteiger partial charge in [0.2, 0.25) is 5.91 Å². The number of pyridine rings is 1. The average molecular weight is 411 g/mol. The molecule has 7 heteroatoms. The third kappa shape index (κ3) is 3.48. The van der Waals surface area contributed by atoms with Gasteiger partial charge in [0.15, 0.2) is 0 Å². The molecular weight excluding hydrogens is 384 g/mol. The number of aryl methyl sites for hydroxylation is 3. The van der Waals surface area contributed by atoms with Gasteiger partial charge >= 0.3 is 0 Å². The third-order valence-corrected chi connectivity index (χ3v) is 6.53. The molecule has 0 aliphatic carbocycles. The predicted molar refractivity (Wildman–Crippen MR) is 119 cm³/mol. The lowest BCUT2D eigenvalue weighted by molar-refractivity contribution is -0.113. The van der Waals surface area contributed by atoms with Gasteiger partial charge in [0, 0.05) is 24.7 Å². The van der Waals surface area contributed by atoms with Crippen LogP contribution in [0.2, 0.25) is 0 Å². The van der Waals surface area contributed by atoms with E-state index in [0.29, 0.717) is 29.6 Å². The van der Waals surface area contributed by atoms with E-state index in [0.717, 1.165) is 27.7 Å². The Kier molecular flexibility index (Phi) is 5.02. The molecule has 0 saturated carbocycles. The largest absolute Gasteiger partial charge is 0.310 e. The van der Waals surface area contributed by atoms with Crippen LogP contribution < -0.4 is 10.9 Å². The van der Waals surface area contributed by atoms with E-state index >= 15 is 0 Å². The van der Waals surface area contributed by atoms with Crippen LogP contribution in [-0.4, -0.2) is 26.0 Å². The average Bonchev–Trinajstić information content (AvgIpc) is 2.81. The summed E-state index contributed by atoms with van der Waals surface area (Å²) in [6.07, 6.45) is 0. The van der Waals surface area contributed by atoms with Gasteiger partial charge in [-0.05, 0) is 43.4 Å². The minimum Gasteiger partial charge on any atom is -0.310 e. The topological polar surface area (TPSA) is 68.9 Å². The molecule has 4 rings (SSSR count). The molecule has 3 heterocycles. The number of anilines is 1. The zero-order chi connectivity index (χ0) is 20.9. The van der Waals surface area contributed by atoms with Crippen molar-refractivity contribution in [2.24, 2.45) is 13.0 Å². The molecule has 6 nitrogen and oxygen atoms in total. The molecule has 3 aromatic rings. The van der Waals surface area contributed by atoms with E-state index in [4.69, 9.17) is 0 Å². The Labute approximate surface area is 174 Å². The second kappa shape index (κ2) is 7.37. The molecule has 2 aromatic heterocycles. The second-order valence-electron chi connectivity index (χ2n) is 8.18. The number of aromatic nitrogens is 3. The molecule has 1 N–H and O–H groups in total. The second-order valence-corrected chi connectivity index (χ2v) is 9.28. The Morgan fingerprint density at radius 3 is 2.72 bits per heavy atom. The lowest BCUT2D eigenvalue weighted by Crippen LogP contribution is -2.27. The molecule has 1 aliphatic rings. The third-order valence-electron chi connectivity index (χ3n) is 5.28. The van der Waals surface area contributed by atoms with Crippen LogP contribution in [-0.2, 0) is 18.4 Å². The van der Waals surface area contributed by atoms with Crippen molar-refractivity contribution >= 4 is 34.4 Å². The van der Waals surface area contributed by atoms with Crippen LogP contribution in [0, 0.1) is 19.8 Å². The highest BCUT2D eigenvalue weighted by Gasteiger charge is 2.31. The number of rotatable bonds is 3. The Morgan fingerprint density at radius 1 is 1.24 bits per heavy atom. The number of hydrogen-bond acceptors (Lipinski definition) is 4. The number of nitrogens with zero attached hydrogens (tertiary/aromatic N) is 3. The number of amides is 1. The first-order valence-electron chi connectivity index (χ1n) is 9.85. The Bertz CT molecular complexity index is 1180. The van der Waals surface area contributed by atoms with Crippen LogP contribution in [0.1, 0.15) is 41.5 Å². The van der Waals surface area contributed by atoms with Gasteiger partial charge in [-0.2, -0.15) is 5.10 Å². The molecule has 1 amide bonds. The van der Waals surface area contributed by atoms with Crippen molar-refractivity contribution in [3.05, 3.63) is 57.0 Å². The molecule has 0 saturated heterocycles. The highest BCUT2D eigenvalue weighted by molar-refractivity contribution is 8.00. The maximum absolute atomic E-state index is 13.6. The van der Waals surface area contributed by atoms with Gasteiger partial charge in [0.1, 0.15) is 5.82 Å². The number of thioether (sulfide) groups is 1. The molecule has 152 valence electrons. The highest BCUT2D eigenvalue weighted by Crippen LogP contribution is 2.42. The maximum Gasteiger partial charge on any atom is 0.255 e. The fraction of sp³-hybridized carbons (Fsp3) is 0.409. The molecule has 0 fully saturated rings. The Balaban J connectivity index is 2.00. The smallest absolute Gasteiger partial charge is 0.255 e. The molecule has 1 aliphatic heterocycles. The Morgan fingerprint density at radius 2 is 2.00 bits per heavy atom. The monoisotopic (exact) mass is 410 g/mol. The van der Waals surface area contributed by atoms with Crippen LogP contribution >= 0.6 is 11.8 Å². The van der Waals surface area contributed by atoms with Gasteiger partial charge in [-0.15, -0.1) is 11.8 Å². The van der Waals surface area contributed by atoms with Gasteiger partial charge in [-0.3, -0.25) is 14.3 Å². The van der Waals surface area contributed by atoms with Crippen molar-refractivity contribution < 1.29 is 4.79 Å². The summed E-state index contributed by atoms with van der Waals surface area (Å²) >= 11 is 1.49. The molecular formula is C22H26N4O2S. The standard InChI is InChI=1S/C22H26N4O2S/c1-12(2)10-26-17-7-6-13(3)8-15(17)9-16(22(26)28)20-19-14(4)24-25(5)21(19)23-18(27)11-29-20/h6-9,12,20H,10-11H2,1-5H3,(H,23,27). The normalized spacial score (nSPS) is 16.8. The Hall–Kier alpha value is -2.54. The van der Waals surface area contributed by atoms with Crippen molar-refractivity contribution in [1.82, 2.24) is 14.3 Å². The van der Waals surface area contributed by atoms with E-state index in [1.54, 1.807) is 4.68 Å². The summed E-state index contributed by atoms with van der Waals surface area (Å²) in [7, 11) is 1.82. The summed E-state index contributed by atoms with van der Waals surface area (Å²) in [5, 5.41) is 8.26. The molecule has 0 spiro atoms. The number of fused-ring (bicyclic) bond motifs is 2. The molecule has 29 heavy (non-hydrogen) atoms. The fourth-order valence-corrected chi connectivity index (χ4v) is 5.24. The first kappa shape index (κ1) is 19.8. The zero-order valence-electron chi connectivity index (χ0n) is 17.4. The molecule has 0 bridgehead atoms. The molecule has 1 unspecified atom stereocenters. The minimum atomic E-state index is -0.242. The summed E-state index contributed by atoms with van der Waals surface area (Å²) in [6.45, 7) is 8.88. The van der Waals surface area contributed by atoms with Crippen molar-refractivity contribution in [2.75, 3.05) is 11.1 Å². The maximum atomic E-state index is 13.6. The number of carbonyl (C=O) groups excluding carboxylic acids is 1. The fourth-order valence-electron chi connectivity index (χ4n) is 4.06. The summed E-state index contributed by atoms with van der Waals surface area (Å²) in [5.41, 5.74) is 4.58. The van der Waals surface area contributed by atoms with Gasteiger partial charge in [0.05, 0.1) is 22.2 Å². The molecule has 1 aromatic carbocycles. The van der Waals surface area contributed by atoms with Crippen molar-refractivity contribution in [3.8, 4) is 0 Å². The lowest BCUT2D eigenvalue weighted by atomic mass is 10.0. The molecule has 0 radical (unpaired) electrons. The number of benzene rings is 1. The SMILES string of the molecule is Cc1ccc2c(c1)cc(C1SCC(=O)Nc3c1c(C)nn3C)c(=O)n2CC(C)C. The highest BCUT2D eigenvalue weighted by atomic mass is 32.2. The van der Waals surface area contributed by atoms with Crippen LogP contribution in [0.15, 0.2) is 29.1 Å². The van der Waals surface area contributed by atoms with E-state index in [2.05, 4.69) is 37.3 Å². The summed E-state index contributed by atoms with van der Waals surface area (Å²) in [5.74, 6) is 1.25. The van der Waals surface area contributed by atoms with Crippen molar-refractivity contribution in [1.29, 1.82) is 0 Å². The van der Waals surface area contributed by atoms with Crippen molar-refractivity contribution in [2.45, 2.75) is 39.5 Å². The number of hydrogen-bond donors (Lipinski definition) is 1. The number of carbonyl (C=O) groups is 1. The van der Waals surface area contributed by atoms with Gasteiger partial charge in [-0.25, -0.2) is 0 Å².